The smallest absolute Gasteiger partial charge is 0.311 e. The number of nitrogens with zero attached hydrogens (tertiary/aromatic N) is 1. The number of phenolic OH excluding ortho intramolecular Hbond substituents is 2. The number of hydrogen-bond acceptors (Lipinski definition) is 5. The number of nitro benzene ring substituents is 1. The van der Waals surface area contributed by atoms with Gasteiger partial charge < -0.3 is 15.9 Å². The third kappa shape index (κ3) is 4.71. The van der Waals surface area contributed by atoms with Gasteiger partial charge in [0.05, 0.1) is 10.6 Å². The van der Waals surface area contributed by atoms with E-state index in [0.29, 0.717) is 10.2 Å². The largest absolute Gasteiger partial charge is 0.506 e. The molecule has 0 unspecified atom stereocenters. The van der Waals surface area contributed by atoms with Crippen molar-refractivity contribution in [2.24, 2.45) is 0 Å². The van der Waals surface area contributed by atoms with Crippen molar-refractivity contribution >= 4 is 43.2 Å². The van der Waals surface area contributed by atoms with Gasteiger partial charge in [0.25, 0.3) is 0 Å². The van der Waals surface area contributed by atoms with E-state index in [9.17, 15) is 10.1 Å². The van der Waals surface area contributed by atoms with Crippen LogP contribution in [-0.4, -0.2) is 15.1 Å². The summed E-state index contributed by atoms with van der Waals surface area (Å²) in [4.78, 5) is 9.56. The van der Waals surface area contributed by atoms with Crippen LogP contribution in [-0.2, 0) is 0 Å². The van der Waals surface area contributed by atoms with Crippen molar-refractivity contribution < 1.29 is 15.1 Å². The first-order valence-corrected chi connectivity index (χ1v) is 6.76. The second kappa shape index (κ2) is 7.11. The van der Waals surface area contributed by atoms with Crippen molar-refractivity contribution in [2.75, 3.05) is 5.73 Å². The molecule has 0 bridgehead atoms. The molecule has 0 amide bonds. The summed E-state index contributed by atoms with van der Waals surface area (Å²) in [6.07, 6.45) is 0. The average molecular weight is 406 g/mol. The van der Waals surface area contributed by atoms with Crippen LogP contribution in [0.25, 0.3) is 0 Å². The Morgan fingerprint density at radius 2 is 1.50 bits per heavy atom. The van der Waals surface area contributed by atoms with Crippen LogP contribution in [0.4, 0.5) is 11.4 Å². The number of nitrogen functional groups attached to an aromatic ring is 1. The standard InChI is InChI=1S/C6H4BrNO3.C6H6BrNO/c7-4-1-2-6(9)5(3-4)8(10)11;7-4-1-2-6(9)5(8)3-4/h1-3,9H;1-3,9H,8H2. The van der Waals surface area contributed by atoms with Crippen molar-refractivity contribution in [1.82, 2.24) is 0 Å². The number of halogens is 2. The van der Waals surface area contributed by atoms with Gasteiger partial charge in [0, 0.05) is 15.0 Å². The van der Waals surface area contributed by atoms with Gasteiger partial charge in [-0.25, -0.2) is 0 Å². The van der Waals surface area contributed by atoms with Crippen LogP contribution < -0.4 is 5.73 Å². The summed E-state index contributed by atoms with van der Waals surface area (Å²) < 4.78 is 1.44. The fourth-order valence-electron chi connectivity index (χ4n) is 1.17. The fraction of sp³-hybridized carbons (Fsp3) is 0. The lowest BCUT2D eigenvalue weighted by molar-refractivity contribution is -0.385. The molecule has 0 heterocycles. The Morgan fingerprint density at radius 3 is 1.90 bits per heavy atom. The third-order valence-electron chi connectivity index (χ3n) is 2.12. The number of phenols is 2. The summed E-state index contributed by atoms with van der Waals surface area (Å²) in [7, 11) is 0. The molecule has 0 saturated carbocycles. The summed E-state index contributed by atoms with van der Waals surface area (Å²) in [6, 6.07) is 8.96. The Bertz CT molecular complexity index is 635. The predicted molar refractivity (Wildman–Crippen MR) is 82.7 cm³/mol. The molecule has 2 aromatic carbocycles. The Morgan fingerprint density at radius 1 is 1.00 bits per heavy atom. The van der Waals surface area contributed by atoms with Crippen LogP contribution in [0.1, 0.15) is 0 Å². The second-order valence-corrected chi connectivity index (χ2v) is 5.42. The Balaban J connectivity index is 0.000000204. The Labute approximate surface area is 131 Å². The van der Waals surface area contributed by atoms with Gasteiger partial charge in [0.2, 0.25) is 0 Å². The fourth-order valence-corrected chi connectivity index (χ4v) is 1.90. The maximum absolute atomic E-state index is 10.2. The highest BCUT2D eigenvalue weighted by atomic mass is 79.9. The summed E-state index contributed by atoms with van der Waals surface area (Å²) in [6.45, 7) is 0. The number of benzene rings is 2. The molecule has 0 aliphatic rings. The maximum Gasteiger partial charge on any atom is 0.311 e. The van der Waals surface area contributed by atoms with Gasteiger partial charge in [-0.15, -0.1) is 0 Å². The van der Waals surface area contributed by atoms with Gasteiger partial charge in [-0.2, -0.15) is 0 Å². The lowest BCUT2D eigenvalue weighted by Gasteiger charge is -1.96. The van der Waals surface area contributed by atoms with E-state index in [1.54, 1.807) is 18.2 Å². The normalized spacial score (nSPS) is 9.50. The molecular weight excluding hydrogens is 396 g/mol. The second-order valence-electron chi connectivity index (χ2n) is 3.59. The van der Waals surface area contributed by atoms with E-state index in [0.717, 1.165) is 4.47 Å². The lowest BCUT2D eigenvalue weighted by atomic mass is 10.3. The van der Waals surface area contributed by atoms with Gasteiger partial charge >= 0.3 is 5.69 Å². The van der Waals surface area contributed by atoms with E-state index in [4.69, 9.17) is 15.9 Å². The van der Waals surface area contributed by atoms with E-state index in [1.807, 2.05) is 0 Å². The van der Waals surface area contributed by atoms with E-state index >= 15 is 0 Å². The van der Waals surface area contributed by atoms with E-state index in [1.165, 1.54) is 18.2 Å². The minimum absolute atomic E-state index is 0.123. The molecule has 4 N–H and O–H groups in total. The number of rotatable bonds is 1. The molecule has 106 valence electrons. The molecule has 0 saturated heterocycles. The van der Waals surface area contributed by atoms with Crippen LogP contribution in [0.3, 0.4) is 0 Å². The molecule has 0 aromatic heterocycles. The van der Waals surface area contributed by atoms with Crippen molar-refractivity contribution in [3.8, 4) is 11.5 Å². The molecule has 8 heteroatoms. The molecule has 2 rings (SSSR count). The molecule has 0 aliphatic carbocycles. The van der Waals surface area contributed by atoms with E-state index in [2.05, 4.69) is 31.9 Å². The zero-order chi connectivity index (χ0) is 15.3. The number of hydrogen-bond donors (Lipinski definition) is 3. The first-order chi connectivity index (χ1) is 9.31. The first-order valence-electron chi connectivity index (χ1n) is 5.18. The van der Waals surface area contributed by atoms with Gasteiger partial charge in [-0.1, -0.05) is 31.9 Å². The van der Waals surface area contributed by atoms with Crippen LogP contribution in [0.15, 0.2) is 45.3 Å². The molecular formula is C12H10Br2N2O4. The highest BCUT2D eigenvalue weighted by molar-refractivity contribution is 9.10. The molecule has 0 aliphatic heterocycles. The summed E-state index contributed by atoms with van der Waals surface area (Å²) >= 11 is 6.25. The maximum atomic E-state index is 10.2. The van der Waals surface area contributed by atoms with Gasteiger partial charge in [-0.05, 0) is 30.3 Å². The molecule has 6 nitrogen and oxygen atoms in total. The molecule has 0 fully saturated rings. The highest BCUT2D eigenvalue weighted by Crippen LogP contribution is 2.28. The van der Waals surface area contributed by atoms with E-state index < -0.39 is 4.92 Å². The monoisotopic (exact) mass is 404 g/mol. The molecule has 0 atom stereocenters. The molecule has 0 spiro atoms. The SMILES string of the molecule is Nc1cc(Br)ccc1O.O=[N+]([O-])c1cc(Br)ccc1O. The van der Waals surface area contributed by atoms with Crippen LogP contribution in [0, 0.1) is 10.1 Å². The van der Waals surface area contributed by atoms with Gasteiger partial charge in [0.1, 0.15) is 5.75 Å². The zero-order valence-electron chi connectivity index (χ0n) is 9.96. The van der Waals surface area contributed by atoms with Crippen molar-refractivity contribution in [3.63, 3.8) is 0 Å². The van der Waals surface area contributed by atoms with Crippen LogP contribution >= 0.6 is 31.9 Å². The van der Waals surface area contributed by atoms with Crippen LogP contribution in [0.5, 0.6) is 11.5 Å². The number of nitro groups is 1. The van der Waals surface area contributed by atoms with Crippen LogP contribution in [0.2, 0.25) is 0 Å². The number of aromatic hydroxyl groups is 2. The third-order valence-corrected chi connectivity index (χ3v) is 3.11. The quantitative estimate of drug-likeness (QED) is 0.289. The van der Waals surface area contributed by atoms with E-state index in [-0.39, 0.29) is 17.2 Å². The Kier molecular flexibility index (Phi) is 5.78. The van der Waals surface area contributed by atoms with Gasteiger partial charge in [-0.3, -0.25) is 10.1 Å². The minimum atomic E-state index is -0.639. The van der Waals surface area contributed by atoms with Crippen molar-refractivity contribution in [3.05, 3.63) is 55.5 Å². The predicted octanol–water partition coefficient (Wildman–Crippen LogP) is 3.80. The summed E-state index contributed by atoms with van der Waals surface area (Å²) in [5.41, 5.74) is 5.44. The first kappa shape index (κ1) is 16.3. The minimum Gasteiger partial charge on any atom is -0.506 e. The molecule has 0 radical (unpaired) electrons. The Hall–Kier alpha value is -1.80. The topological polar surface area (TPSA) is 110 Å². The summed E-state index contributed by atoms with van der Waals surface area (Å²) in [5, 5.41) is 28.0. The molecule has 2 aromatic rings. The number of anilines is 1. The zero-order valence-corrected chi connectivity index (χ0v) is 13.1. The van der Waals surface area contributed by atoms with Gasteiger partial charge in [0.15, 0.2) is 5.75 Å². The van der Waals surface area contributed by atoms with Crippen molar-refractivity contribution in [1.29, 1.82) is 0 Å². The van der Waals surface area contributed by atoms with Crippen molar-refractivity contribution in [2.45, 2.75) is 0 Å². The highest BCUT2D eigenvalue weighted by Gasteiger charge is 2.11. The lowest BCUT2D eigenvalue weighted by Crippen LogP contribution is -1.87. The molecule has 20 heavy (non-hydrogen) atoms. The summed E-state index contributed by atoms with van der Waals surface area (Å²) in [5.74, 6) is -0.198. The number of nitrogens with two attached hydrogens (primary N) is 1. The average Bonchev–Trinajstić information content (AvgIpc) is 2.38.